The number of nitrogens with zero attached hydrogens (tertiary/aromatic N) is 1. The number of benzene rings is 2. The first kappa shape index (κ1) is 17.1. The Morgan fingerprint density at radius 3 is 2.85 bits per heavy atom. The van der Waals surface area contributed by atoms with Crippen LogP contribution in [0.4, 0.5) is 5.69 Å². The van der Waals surface area contributed by atoms with Crippen molar-refractivity contribution in [3.05, 3.63) is 48.5 Å². The van der Waals surface area contributed by atoms with Crippen LogP contribution in [0.25, 0.3) is 20.8 Å². The van der Waals surface area contributed by atoms with Crippen LogP contribution in [0.15, 0.2) is 48.5 Å². The first-order valence-corrected chi connectivity index (χ1v) is 9.55. The molecule has 1 aliphatic heterocycles. The van der Waals surface area contributed by atoms with Crippen molar-refractivity contribution in [1.29, 1.82) is 0 Å². The van der Waals surface area contributed by atoms with Crippen LogP contribution in [0, 0.1) is 0 Å². The average Bonchev–Trinajstić information content (AvgIpc) is 3.31. The maximum absolute atomic E-state index is 12.0. The van der Waals surface area contributed by atoms with E-state index in [4.69, 9.17) is 9.47 Å². The number of rotatable bonds is 6. The molecule has 2 heterocycles. The predicted octanol–water partition coefficient (Wildman–Crippen LogP) is 4.10. The van der Waals surface area contributed by atoms with Gasteiger partial charge in [0.15, 0.2) is 0 Å². The number of thiazole rings is 1. The van der Waals surface area contributed by atoms with E-state index in [2.05, 4.69) is 16.4 Å². The molecule has 1 N–H and O–H groups in total. The maximum atomic E-state index is 12.0. The van der Waals surface area contributed by atoms with Gasteiger partial charge in [-0.15, -0.1) is 11.3 Å². The van der Waals surface area contributed by atoms with Crippen LogP contribution in [-0.4, -0.2) is 36.8 Å². The van der Waals surface area contributed by atoms with E-state index in [1.165, 1.54) is 4.70 Å². The van der Waals surface area contributed by atoms with Gasteiger partial charge in [-0.3, -0.25) is 4.79 Å². The molecule has 3 aromatic rings. The van der Waals surface area contributed by atoms with Crippen LogP contribution >= 0.6 is 11.3 Å². The van der Waals surface area contributed by atoms with Crippen molar-refractivity contribution < 1.29 is 14.3 Å². The topological polar surface area (TPSA) is 60.5 Å². The van der Waals surface area contributed by atoms with E-state index in [0.29, 0.717) is 6.61 Å². The van der Waals surface area contributed by atoms with E-state index in [1.54, 1.807) is 11.3 Å². The summed E-state index contributed by atoms with van der Waals surface area (Å²) in [5, 5.41) is 3.83. The van der Waals surface area contributed by atoms with Crippen LogP contribution < -0.4 is 5.32 Å². The number of carbonyl (C=O) groups excluding carboxylic acids is 1. The van der Waals surface area contributed by atoms with Crippen LogP contribution in [0.3, 0.4) is 0 Å². The molecule has 134 valence electrons. The SMILES string of the molecule is O=C(COCC1CCCO1)Nc1ccc(-c2nc3ccccc3s2)cc1. The fourth-order valence-corrected chi connectivity index (χ4v) is 3.92. The highest BCUT2D eigenvalue weighted by Gasteiger charge is 2.16. The lowest BCUT2D eigenvalue weighted by atomic mass is 10.2. The molecule has 0 saturated carbocycles. The third-order valence-corrected chi connectivity index (χ3v) is 5.36. The molecule has 0 aliphatic carbocycles. The summed E-state index contributed by atoms with van der Waals surface area (Å²) in [6, 6.07) is 15.8. The summed E-state index contributed by atoms with van der Waals surface area (Å²) in [6.07, 6.45) is 2.21. The summed E-state index contributed by atoms with van der Waals surface area (Å²) >= 11 is 1.66. The second kappa shape index (κ2) is 7.95. The lowest BCUT2D eigenvalue weighted by molar-refractivity contribution is -0.121. The molecule has 6 heteroatoms. The number of anilines is 1. The maximum Gasteiger partial charge on any atom is 0.250 e. The molecule has 2 aromatic carbocycles. The Kier molecular flexibility index (Phi) is 5.24. The van der Waals surface area contributed by atoms with Crippen molar-refractivity contribution in [2.45, 2.75) is 18.9 Å². The number of hydrogen-bond acceptors (Lipinski definition) is 5. The molecule has 1 atom stereocenters. The van der Waals surface area contributed by atoms with Crippen molar-refractivity contribution in [2.75, 3.05) is 25.1 Å². The molecule has 26 heavy (non-hydrogen) atoms. The van der Waals surface area contributed by atoms with Crippen LogP contribution in [0.2, 0.25) is 0 Å². The fraction of sp³-hybridized carbons (Fsp3) is 0.300. The molecular weight excluding hydrogens is 348 g/mol. The molecule has 0 bridgehead atoms. The minimum absolute atomic E-state index is 0.0412. The fourth-order valence-electron chi connectivity index (χ4n) is 2.95. The zero-order chi connectivity index (χ0) is 17.8. The molecule has 1 unspecified atom stereocenters. The molecule has 0 radical (unpaired) electrons. The van der Waals surface area contributed by atoms with Crippen molar-refractivity contribution >= 4 is 33.1 Å². The van der Waals surface area contributed by atoms with Gasteiger partial charge in [-0.25, -0.2) is 4.98 Å². The quantitative estimate of drug-likeness (QED) is 0.712. The highest BCUT2D eigenvalue weighted by atomic mass is 32.1. The smallest absolute Gasteiger partial charge is 0.250 e. The molecule has 1 fully saturated rings. The highest BCUT2D eigenvalue weighted by molar-refractivity contribution is 7.21. The van der Waals surface area contributed by atoms with Gasteiger partial charge in [0.05, 0.1) is 22.9 Å². The molecular formula is C20H20N2O3S. The van der Waals surface area contributed by atoms with E-state index in [9.17, 15) is 4.79 Å². The molecule has 1 aliphatic rings. The number of nitrogens with one attached hydrogen (secondary N) is 1. The lowest BCUT2D eigenvalue weighted by Gasteiger charge is -2.10. The van der Waals surface area contributed by atoms with Crippen molar-refractivity contribution in [2.24, 2.45) is 0 Å². The lowest BCUT2D eigenvalue weighted by Crippen LogP contribution is -2.22. The summed E-state index contributed by atoms with van der Waals surface area (Å²) in [5.74, 6) is -0.157. The van der Waals surface area contributed by atoms with Gasteiger partial charge >= 0.3 is 0 Å². The van der Waals surface area contributed by atoms with Crippen molar-refractivity contribution in [3.8, 4) is 10.6 Å². The zero-order valence-electron chi connectivity index (χ0n) is 14.3. The number of hydrogen-bond donors (Lipinski definition) is 1. The zero-order valence-corrected chi connectivity index (χ0v) is 15.1. The van der Waals surface area contributed by atoms with E-state index in [-0.39, 0.29) is 18.6 Å². The minimum atomic E-state index is -0.157. The number of fused-ring (bicyclic) bond motifs is 1. The van der Waals surface area contributed by atoms with E-state index in [0.717, 1.165) is 41.2 Å². The monoisotopic (exact) mass is 368 g/mol. The number of aromatic nitrogens is 1. The third-order valence-electron chi connectivity index (χ3n) is 4.27. The van der Waals surface area contributed by atoms with Gasteiger partial charge in [0.1, 0.15) is 11.6 Å². The van der Waals surface area contributed by atoms with Crippen molar-refractivity contribution in [3.63, 3.8) is 0 Å². The van der Waals surface area contributed by atoms with E-state index >= 15 is 0 Å². The van der Waals surface area contributed by atoms with Gasteiger partial charge < -0.3 is 14.8 Å². The van der Waals surface area contributed by atoms with E-state index in [1.807, 2.05) is 42.5 Å². The number of para-hydroxylation sites is 1. The Labute approximate surface area is 156 Å². The average molecular weight is 368 g/mol. The number of ether oxygens (including phenoxy) is 2. The third kappa shape index (κ3) is 4.09. The molecule has 5 nitrogen and oxygen atoms in total. The Morgan fingerprint density at radius 2 is 2.08 bits per heavy atom. The molecule has 1 aromatic heterocycles. The Morgan fingerprint density at radius 1 is 1.23 bits per heavy atom. The highest BCUT2D eigenvalue weighted by Crippen LogP contribution is 2.30. The summed E-state index contributed by atoms with van der Waals surface area (Å²) in [7, 11) is 0. The first-order valence-electron chi connectivity index (χ1n) is 8.73. The predicted molar refractivity (Wildman–Crippen MR) is 103 cm³/mol. The van der Waals surface area contributed by atoms with Gasteiger partial charge in [0, 0.05) is 17.9 Å². The molecule has 0 spiro atoms. The van der Waals surface area contributed by atoms with Crippen LogP contribution in [0.5, 0.6) is 0 Å². The van der Waals surface area contributed by atoms with Crippen molar-refractivity contribution in [1.82, 2.24) is 4.98 Å². The number of amides is 1. The second-order valence-electron chi connectivity index (χ2n) is 6.26. The first-order chi connectivity index (χ1) is 12.8. The summed E-state index contributed by atoms with van der Waals surface area (Å²) in [5.41, 5.74) is 2.80. The minimum Gasteiger partial charge on any atom is -0.376 e. The van der Waals surface area contributed by atoms with Gasteiger partial charge in [0.2, 0.25) is 5.91 Å². The Bertz CT molecular complexity index is 852. The van der Waals surface area contributed by atoms with Gasteiger partial charge in [-0.1, -0.05) is 12.1 Å². The molecule has 1 saturated heterocycles. The number of carbonyl (C=O) groups is 1. The van der Waals surface area contributed by atoms with Crippen LogP contribution in [0.1, 0.15) is 12.8 Å². The Hall–Kier alpha value is -2.28. The largest absolute Gasteiger partial charge is 0.376 e. The van der Waals surface area contributed by atoms with Gasteiger partial charge in [-0.2, -0.15) is 0 Å². The second-order valence-corrected chi connectivity index (χ2v) is 7.29. The van der Waals surface area contributed by atoms with Gasteiger partial charge in [0.25, 0.3) is 0 Å². The van der Waals surface area contributed by atoms with E-state index < -0.39 is 0 Å². The summed E-state index contributed by atoms with van der Waals surface area (Å²) < 4.78 is 12.1. The Balaban J connectivity index is 1.32. The van der Waals surface area contributed by atoms with Crippen LogP contribution in [-0.2, 0) is 14.3 Å². The van der Waals surface area contributed by atoms with Gasteiger partial charge in [-0.05, 0) is 49.2 Å². The summed E-state index contributed by atoms with van der Waals surface area (Å²) in [4.78, 5) is 16.6. The molecule has 4 rings (SSSR count). The summed E-state index contributed by atoms with van der Waals surface area (Å²) in [6.45, 7) is 1.31. The standard InChI is InChI=1S/C20H20N2O3S/c23-19(13-24-12-16-4-3-11-25-16)21-15-9-7-14(8-10-15)20-22-17-5-1-2-6-18(17)26-20/h1-2,5-10,16H,3-4,11-13H2,(H,21,23). The normalized spacial score (nSPS) is 16.8. The molecule has 1 amide bonds.